The molecule has 0 aromatic carbocycles. The van der Waals surface area contributed by atoms with Gasteiger partial charge in [-0.25, -0.2) is 4.79 Å². The average molecular weight is 386 g/mol. The molecule has 1 fully saturated rings. The minimum atomic E-state index is -0.917. The van der Waals surface area contributed by atoms with E-state index in [4.69, 9.17) is 0 Å². The van der Waals surface area contributed by atoms with Gasteiger partial charge in [-0.05, 0) is 53.0 Å². The Morgan fingerprint density at radius 1 is 1.19 bits per heavy atom. The van der Waals surface area contributed by atoms with E-state index in [0.29, 0.717) is 17.8 Å². The van der Waals surface area contributed by atoms with E-state index >= 15 is 0 Å². The number of carboxylic acid groups (broad SMARTS) is 1. The Morgan fingerprint density at radius 2 is 1.90 bits per heavy atom. The normalized spacial score (nSPS) is 18.1. The van der Waals surface area contributed by atoms with Crippen LogP contribution in [-0.4, -0.2) is 34.5 Å². The Balaban J connectivity index is 1.83. The van der Waals surface area contributed by atoms with Crippen molar-refractivity contribution in [2.75, 3.05) is 6.54 Å². The van der Waals surface area contributed by atoms with Gasteiger partial charge in [-0.3, -0.25) is 4.79 Å². The van der Waals surface area contributed by atoms with E-state index in [1.54, 1.807) is 17.4 Å². The fourth-order valence-corrected chi connectivity index (χ4v) is 4.88. The Bertz CT molecular complexity index is 694. The molecule has 1 aliphatic rings. The number of carbonyl (C=O) groups excluding carboxylic acids is 1. The van der Waals surface area contributed by atoms with Gasteiger partial charge in [0.05, 0.1) is 8.66 Å². The molecule has 1 atom stereocenters. The van der Waals surface area contributed by atoms with Crippen LogP contribution < -0.4 is 0 Å². The van der Waals surface area contributed by atoms with Crippen molar-refractivity contribution < 1.29 is 14.7 Å². The molecular weight excluding hydrogens is 374 g/mol. The summed E-state index contributed by atoms with van der Waals surface area (Å²) in [6.07, 6.45) is 1.29. The van der Waals surface area contributed by atoms with Gasteiger partial charge < -0.3 is 10.0 Å². The fourth-order valence-electron chi connectivity index (χ4n) is 2.44. The lowest BCUT2D eigenvalue weighted by atomic mass is 10.2. The standard InChI is InChI=1S/C14H12BrNO3S2/c15-12-6-5-10(21-12)9-3-4-11(20-9)13(17)16-7-1-2-8(16)14(18)19/h3-6,8H,1-2,7H2,(H,18,19). The Morgan fingerprint density at radius 3 is 2.57 bits per heavy atom. The van der Waals surface area contributed by atoms with Gasteiger partial charge in [0.2, 0.25) is 0 Å². The van der Waals surface area contributed by atoms with Crippen molar-refractivity contribution in [3.63, 3.8) is 0 Å². The van der Waals surface area contributed by atoms with Gasteiger partial charge in [0, 0.05) is 16.3 Å². The third kappa shape index (κ3) is 2.90. The molecule has 2 aromatic heterocycles. The highest BCUT2D eigenvalue weighted by Gasteiger charge is 2.34. The minimum absolute atomic E-state index is 0.174. The summed E-state index contributed by atoms with van der Waals surface area (Å²) < 4.78 is 1.05. The molecule has 1 amide bonds. The van der Waals surface area contributed by atoms with E-state index in [0.717, 1.165) is 20.0 Å². The minimum Gasteiger partial charge on any atom is -0.480 e. The molecule has 0 radical (unpaired) electrons. The molecule has 110 valence electrons. The number of rotatable bonds is 3. The highest BCUT2D eigenvalue weighted by Crippen LogP contribution is 2.36. The van der Waals surface area contributed by atoms with Crippen molar-refractivity contribution in [2.45, 2.75) is 18.9 Å². The van der Waals surface area contributed by atoms with E-state index in [1.165, 1.54) is 16.2 Å². The molecular formula is C14H12BrNO3S2. The molecule has 1 N–H and O–H groups in total. The number of amides is 1. The molecule has 4 nitrogen and oxygen atoms in total. The van der Waals surface area contributed by atoms with Crippen LogP contribution in [0, 0.1) is 0 Å². The number of nitrogens with zero attached hydrogens (tertiary/aromatic N) is 1. The maximum absolute atomic E-state index is 12.5. The van der Waals surface area contributed by atoms with Crippen LogP contribution in [0.15, 0.2) is 28.1 Å². The molecule has 3 heterocycles. The summed E-state index contributed by atoms with van der Waals surface area (Å²) in [6.45, 7) is 0.521. The van der Waals surface area contributed by atoms with Crippen molar-refractivity contribution >= 4 is 50.5 Å². The summed E-state index contributed by atoms with van der Waals surface area (Å²) in [5.41, 5.74) is 0. The first kappa shape index (κ1) is 14.7. The van der Waals surface area contributed by atoms with Gasteiger partial charge in [-0.2, -0.15) is 0 Å². The number of aliphatic carboxylic acids is 1. The molecule has 0 bridgehead atoms. The van der Waals surface area contributed by atoms with Crippen LogP contribution in [-0.2, 0) is 4.79 Å². The second kappa shape index (κ2) is 5.90. The van der Waals surface area contributed by atoms with E-state index in [9.17, 15) is 14.7 Å². The fraction of sp³-hybridized carbons (Fsp3) is 0.286. The van der Waals surface area contributed by atoms with Crippen LogP contribution in [0.5, 0.6) is 0 Å². The zero-order chi connectivity index (χ0) is 15.0. The van der Waals surface area contributed by atoms with Crippen LogP contribution in [0.1, 0.15) is 22.5 Å². The van der Waals surface area contributed by atoms with Crippen LogP contribution in [0.25, 0.3) is 9.75 Å². The van der Waals surface area contributed by atoms with Crippen LogP contribution >= 0.6 is 38.6 Å². The SMILES string of the molecule is O=C(O)C1CCCN1C(=O)c1ccc(-c2ccc(Br)s2)s1. The molecule has 1 unspecified atom stereocenters. The highest BCUT2D eigenvalue weighted by molar-refractivity contribution is 9.11. The molecule has 7 heteroatoms. The van der Waals surface area contributed by atoms with Crippen molar-refractivity contribution in [1.82, 2.24) is 4.90 Å². The number of hydrogen-bond acceptors (Lipinski definition) is 4. The number of likely N-dealkylation sites (tertiary alicyclic amines) is 1. The van der Waals surface area contributed by atoms with Gasteiger partial charge in [0.1, 0.15) is 6.04 Å². The van der Waals surface area contributed by atoms with Crippen molar-refractivity contribution in [3.05, 3.63) is 32.9 Å². The third-order valence-corrected chi connectivity index (χ3v) is 6.32. The number of halogens is 1. The quantitative estimate of drug-likeness (QED) is 0.870. The first-order valence-corrected chi connectivity index (χ1v) is 8.88. The maximum atomic E-state index is 12.5. The molecule has 21 heavy (non-hydrogen) atoms. The summed E-state index contributed by atoms with van der Waals surface area (Å²) in [5.74, 6) is -1.09. The average Bonchev–Trinajstić information content (AvgIpc) is 3.17. The largest absolute Gasteiger partial charge is 0.480 e. The van der Waals surface area contributed by atoms with Gasteiger partial charge in [0.25, 0.3) is 5.91 Å². The molecule has 0 aliphatic carbocycles. The number of carboxylic acids is 1. The smallest absolute Gasteiger partial charge is 0.326 e. The molecule has 1 saturated heterocycles. The van der Waals surface area contributed by atoms with E-state index in [-0.39, 0.29) is 5.91 Å². The zero-order valence-electron chi connectivity index (χ0n) is 10.9. The second-order valence-corrected chi connectivity index (χ2v) is 8.31. The first-order valence-electron chi connectivity index (χ1n) is 6.45. The molecule has 0 saturated carbocycles. The van der Waals surface area contributed by atoms with Crippen LogP contribution in [0.2, 0.25) is 0 Å². The lowest BCUT2D eigenvalue weighted by Gasteiger charge is -2.20. The lowest BCUT2D eigenvalue weighted by molar-refractivity contribution is -0.141. The first-order chi connectivity index (χ1) is 10.1. The topological polar surface area (TPSA) is 57.6 Å². The molecule has 0 spiro atoms. The molecule has 3 rings (SSSR count). The van der Waals surface area contributed by atoms with Gasteiger partial charge in [-0.1, -0.05) is 0 Å². The van der Waals surface area contributed by atoms with E-state index < -0.39 is 12.0 Å². The van der Waals surface area contributed by atoms with Gasteiger partial charge in [-0.15, -0.1) is 22.7 Å². The lowest BCUT2D eigenvalue weighted by Crippen LogP contribution is -2.40. The summed E-state index contributed by atoms with van der Waals surface area (Å²) in [6, 6.07) is 7.00. The van der Waals surface area contributed by atoms with Crippen molar-refractivity contribution in [3.8, 4) is 9.75 Å². The summed E-state index contributed by atoms with van der Waals surface area (Å²) in [7, 11) is 0. The maximum Gasteiger partial charge on any atom is 0.326 e. The predicted molar refractivity (Wildman–Crippen MR) is 87.0 cm³/mol. The Kier molecular flexibility index (Phi) is 4.14. The third-order valence-electron chi connectivity index (χ3n) is 3.43. The number of hydrogen-bond donors (Lipinski definition) is 1. The van der Waals surface area contributed by atoms with Crippen LogP contribution in [0.3, 0.4) is 0 Å². The molecule has 1 aliphatic heterocycles. The second-order valence-electron chi connectivity index (χ2n) is 4.76. The Labute approximate surface area is 138 Å². The van der Waals surface area contributed by atoms with E-state index in [1.807, 2.05) is 18.2 Å². The van der Waals surface area contributed by atoms with Gasteiger partial charge in [0.15, 0.2) is 0 Å². The predicted octanol–water partition coefficient (Wildman–Crippen LogP) is 3.93. The zero-order valence-corrected chi connectivity index (χ0v) is 14.1. The van der Waals surface area contributed by atoms with E-state index in [2.05, 4.69) is 15.9 Å². The Hall–Kier alpha value is -1.18. The number of carbonyl (C=O) groups is 2. The van der Waals surface area contributed by atoms with Crippen LogP contribution in [0.4, 0.5) is 0 Å². The monoisotopic (exact) mass is 385 g/mol. The summed E-state index contributed by atoms with van der Waals surface area (Å²) in [5, 5.41) is 9.17. The summed E-state index contributed by atoms with van der Waals surface area (Å²) in [4.78, 5) is 27.9. The summed E-state index contributed by atoms with van der Waals surface area (Å²) >= 11 is 6.45. The molecule has 2 aromatic rings. The highest BCUT2D eigenvalue weighted by atomic mass is 79.9. The van der Waals surface area contributed by atoms with Gasteiger partial charge >= 0.3 is 5.97 Å². The number of thiophene rings is 2. The van der Waals surface area contributed by atoms with Crippen molar-refractivity contribution in [2.24, 2.45) is 0 Å². The van der Waals surface area contributed by atoms with Crippen molar-refractivity contribution in [1.29, 1.82) is 0 Å².